The van der Waals surface area contributed by atoms with Crippen molar-refractivity contribution in [1.29, 1.82) is 0 Å². The van der Waals surface area contributed by atoms with Gasteiger partial charge >= 0.3 is 6.09 Å². The van der Waals surface area contributed by atoms with Gasteiger partial charge in [-0.25, -0.2) is 4.79 Å². The molecule has 0 aliphatic rings. The van der Waals surface area contributed by atoms with Crippen LogP contribution in [-0.4, -0.2) is 29.8 Å². The number of benzene rings is 5. The fourth-order valence-electron chi connectivity index (χ4n) is 5.26. The number of phenols is 1. The van der Waals surface area contributed by atoms with Gasteiger partial charge in [0.2, 0.25) is 5.91 Å². The van der Waals surface area contributed by atoms with E-state index < -0.39 is 18.3 Å². The average Bonchev–Trinajstić information content (AvgIpc) is 3.03. The highest BCUT2D eigenvalue weighted by Gasteiger charge is 2.29. The van der Waals surface area contributed by atoms with Gasteiger partial charge in [0, 0.05) is 22.9 Å². The first-order valence-electron chi connectivity index (χ1n) is 14.5. The molecule has 224 valence electrons. The van der Waals surface area contributed by atoms with Crippen molar-refractivity contribution in [2.75, 3.05) is 23.0 Å². The minimum absolute atomic E-state index is 0.129. The summed E-state index contributed by atoms with van der Waals surface area (Å²) >= 11 is 0. The Hall–Kier alpha value is -5.34. The van der Waals surface area contributed by atoms with E-state index in [9.17, 15) is 14.7 Å². The van der Waals surface area contributed by atoms with Gasteiger partial charge < -0.3 is 25.6 Å². The minimum Gasteiger partial charge on any atom is -0.507 e. The predicted octanol–water partition coefficient (Wildman–Crippen LogP) is 7.95. The Morgan fingerprint density at radius 2 is 1.50 bits per heavy atom. The number of allylic oxidation sites excluding steroid dienone is 1. The van der Waals surface area contributed by atoms with Gasteiger partial charge in [-0.1, -0.05) is 84.9 Å². The van der Waals surface area contributed by atoms with Gasteiger partial charge in [-0.05, 0) is 60.9 Å². The molecule has 0 aromatic heterocycles. The molecule has 2 atom stereocenters. The number of anilines is 3. The zero-order chi connectivity index (χ0) is 30.9. The van der Waals surface area contributed by atoms with Crippen LogP contribution < -0.4 is 16.4 Å². The number of nitrogen functional groups attached to an aromatic ring is 1. The van der Waals surface area contributed by atoms with Gasteiger partial charge in [0.15, 0.2) is 6.10 Å². The molecule has 2 amide bonds. The molecule has 0 saturated heterocycles. The van der Waals surface area contributed by atoms with E-state index in [4.69, 9.17) is 15.2 Å². The maximum Gasteiger partial charge on any atom is 0.412 e. The topological polar surface area (TPSA) is 123 Å². The third-order valence-corrected chi connectivity index (χ3v) is 7.33. The molecule has 0 bridgehead atoms. The number of hydrogen-bond acceptors (Lipinski definition) is 6. The number of ether oxygens (including phenoxy) is 2. The lowest BCUT2D eigenvalue weighted by Crippen LogP contribution is -2.29. The van der Waals surface area contributed by atoms with Crippen molar-refractivity contribution in [3.63, 3.8) is 0 Å². The summed E-state index contributed by atoms with van der Waals surface area (Å²) in [6.45, 7) is 2.26. The third kappa shape index (κ3) is 7.17. The number of fused-ring (bicyclic) bond motifs is 2. The summed E-state index contributed by atoms with van der Waals surface area (Å²) in [6.07, 6.45) is 2.13. The zero-order valence-corrected chi connectivity index (χ0v) is 24.4. The Morgan fingerprint density at radius 1 is 0.818 bits per heavy atom. The van der Waals surface area contributed by atoms with Crippen molar-refractivity contribution in [3.8, 4) is 5.75 Å². The lowest BCUT2D eigenvalue weighted by atomic mass is 9.94. The summed E-state index contributed by atoms with van der Waals surface area (Å²) < 4.78 is 12.3. The van der Waals surface area contributed by atoms with Crippen molar-refractivity contribution in [2.45, 2.75) is 32.0 Å². The minimum atomic E-state index is -0.818. The van der Waals surface area contributed by atoms with Crippen LogP contribution in [-0.2, 0) is 14.3 Å². The number of hydrogen-bond donors (Lipinski definition) is 4. The number of nitrogens with one attached hydrogen (secondary N) is 2. The number of phenolic OH excluding ortho intramolecular Hbond substituents is 1. The predicted molar refractivity (Wildman–Crippen MR) is 176 cm³/mol. The van der Waals surface area contributed by atoms with Crippen molar-refractivity contribution in [2.24, 2.45) is 0 Å². The summed E-state index contributed by atoms with van der Waals surface area (Å²) in [7, 11) is 0. The largest absolute Gasteiger partial charge is 0.507 e. The van der Waals surface area contributed by atoms with Crippen molar-refractivity contribution < 1.29 is 24.2 Å². The number of aromatic hydroxyl groups is 1. The lowest BCUT2D eigenvalue weighted by molar-refractivity contribution is -0.111. The van der Waals surface area contributed by atoms with Crippen molar-refractivity contribution in [1.82, 2.24) is 0 Å². The highest BCUT2D eigenvalue weighted by molar-refractivity contribution is 6.01. The quantitative estimate of drug-likeness (QED) is 0.0916. The Bertz CT molecular complexity index is 1800. The van der Waals surface area contributed by atoms with Crippen LogP contribution in [0.1, 0.15) is 31.4 Å². The molecule has 0 unspecified atom stereocenters. The molecule has 0 spiro atoms. The summed E-state index contributed by atoms with van der Waals surface area (Å²) in [5, 5.41) is 19.5. The van der Waals surface area contributed by atoms with E-state index in [-0.39, 0.29) is 11.7 Å². The van der Waals surface area contributed by atoms with Crippen LogP contribution in [0.15, 0.2) is 115 Å². The van der Waals surface area contributed by atoms with Crippen molar-refractivity contribution in [3.05, 3.63) is 121 Å². The van der Waals surface area contributed by atoms with Crippen LogP contribution in [0.25, 0.3) is 21.5 Å². The van der Waals surface area contributed by atoms with Crippen molar-refractivity contribution >= 4 is 50.6 Å². The molecule has 0 heterocycles. The lowest BCUT2D eigenvalue weighted by Gasteiger charge is -2.28. The maximum absolute atomic E-state index is 13.5. The summed E-state index contributed by atoms with van der Waals surface area (Å²) in [6, 6.07) is 31.3. The van der Waals surface area contributed by atoms with E-state index in [2.05, 4.69) is 10.6 Å². The molecule has 0 aliphatic heterocycles. The van der Waals surface area contributed by atoms with Gasteiger partial charge in [0.25, 0.3) is 0 Å². The van der Waals surface area contributed by atoms with Crippen LogP contribution in [0.5, 0.6) is 5.75 Å². The van der Waals surface area contributed by atoms with Gasteiger partial charge in [-0.3, -0.25) is 10.1 Å². The number of nitrogens with two attached hydrogens (primary N) is 1. The zero-order valence-electron chi connectivity index (χ0n) is 24.4. The molecule has 5 aromatic carbocycles. The number of rotatable bonds is 11. The van der Waals surface area contributed by atoms with Gasteiger partial charge in [0.05, 0.1) is 23.2 Å². The molecular formula is C36H35N3O5. The van der Waals surface area contributed by atoms with Crippen LogP contribution >= 0.6 is 0 Å². The summed E-state index contributed by atoms with van der Waals surface area (Å²) in [5.74, 6) is -0.174. The van der Waals surface area contributed by atoms with Gasteiger partial charge in [0.1, 0.15) is 5.75 Å². The van der Waals surface area contributed by atoms with Crippen LogP contribution in [0, 0.1) is 0 Å². The number of para-hydroxylation sites is 2. The van der Waals surface area contributed by atoms with Gasteiger partial charge in [-0.15, -0.1) is 0 Å². The molecule has 5 rings (SSSR count). The number of carbonyl (C=O) groups is 2. The molecule has 8 nitrogen and oxygen atoms in total. The fourth-order valence-corrected chi connectivity index (χ4v) is 5.26. The summed E-state index contributed by atoms with van der Waals surface area (Å²) in [5.41, 5.74) is 8.28. The highest BCUT2D eigenvalue weighted by Crippen LogP contribution is 2.36. The number of amides is 2. The first kappa shape index (κ1) is 30.1. The Kier molecular flexibility index (Phi) is 9.74. The highest BCUT2D eigenvalue weighted by atomic mass is 16.6. The smallest absolute Gasteiger partial charge is 0.412 e. The standard InChI is InChI=1S/C36H35N3O5/c1-2-43-33(20-9-10-21-34(41)38-31-18-8-7-17-29(31)37)35(28-22-23-32(40)27-16-6-5-15-26(27)28)44-36(42)39-30-19-11-13-24-12-3-4-14-25(24)30/h3-8,10-19,21-23,33,35,40H,2,9,20,37H2,1H3,(H,38,41)(H,39,42)/b21-10+/t33-,35-/m1/s1. The molecule has 5 N–H and O–H groups in total. The monoisotopic (exact) mass is 589 g/mol. The first-order valence-corrected chi connectivity index (χ1v) is 14.5. The molecule has 0 aliphatic carbocycles. The Balaban J connectivity index is 1.39. The Labute approximate surface area is 256 Å². The fraction of sp³-hybridized carbons (Fsp3) is 0.167. The van der Waals surface area contributed by atoms with E-state index >= 15 is 0 Å². The molecule has 8 heteroatoms. The SMILES string of the molecule is CCO[C@H](CC/C=C/C(=O)Nc1ccccc1N)[C@H](OC(=O)Nc1cccc2ccccc12)c1ccc(O)c2ccccc12. The average molecular weight is 590 g/mol. The molecular weight excluding hydrogens is 554 g/mol. The van der Waals surface area contributed by atoms with E-state index in [1.54, 1.807) is 42.5 Å². The second-order valence-electron chi connectivity index (χ2n) is 10.2. The first-order chi connectivity index (χ1) is 21.4. The van der Waals surface area contributed by atoms with Crippen LogP contribution in [0.2, 0.25) is 0 Å². The molecule has 5 aromatic rings. The maximum atomic E-state index is 13.5. The normalized spacial score (nSPS) is 12.7. The second kappa shape index (κ2) is 14.2. The Morgan fingerprint density at radius 3 is 2.30 bits per heavy atom. The third-order valence-electron chi connectivity index (χ3n) is 7.33. The summed E-state index contributed by atoms with van der Waals surface area (Å²) in [4.78, 5) is 26.0. The van der Waals surface area contributed by atoms with E-state index in [0.717, 1.165) is 16.2 Å². The molecule has 0 fully saturated rings. The van der Waals surface area contributed by atoms with Crippen LogP contribution in [0.3, 0.4) is 0 Å². The second-order valence-corrected chi connectivity index (χ2v) is 10.2. The molecule has 0 saturated carbocycles. The number of carbonyl (C=O) groups excluding carboxylic acids is 2. The van der Waals surface area contributed by atoms with E-state index in [1.807, 2.05) is 73.7 Å². The molecule has 44 heavy (non-hydrogen) atoms. The van der Waals surface area contributed by atoms with E-state index in [1.165, 1.54) is 6.08 Å². The molecule has 0 radical (unpaired) electrons. The van der Waals surface area contributed by atoms with Gasteiger partial charge in [-0.2, -0.15) is 0 Å². The van der Waals surface area contributed by atoms with Crippen LogP contribution in [0.4, 0.5) is 21.9 Å². The van der Waals surface area contributed by atoms with E-state index in [0.29, 0.717) is 47.5 Å².